The minimum absolute atomic E-state index is 0.391. The second-order valence-electron chi connectivity index (χ2n) is 2.88. The van der Waals surface area contributed by atoms with Crippen LogP contribution in [0.5, 0.6) is 0 Å². The van der Waals surface area contributed by atoms with Gasteiger partial charge in [-0.05, 0) is 12.1 Å². The van der Waals surface area contributed by atoms with E-state index in [1.807, 2.05) is 12.1 Å². The molecule has 0 spiro atoms. The van der Waals surface area contributed by atoms with Gasteiger partial charge in [0.25, 0.3) is 0 Å². The number of nitrogens with one attached hydrogen (secondary N) is 1. The molecule has 0 aliphatic heterocycles. The normalized spacial score (nSPS) is 10.4. The van der Waals surface area contributed by atoms with Crippen molar-refractivity contribution in [3.05, 3.63) is 35.0 Å². The standard InChI is InChI=1S/C10H8ClNO2/c1-14-10(13)8-5-6-3-2-4-7(11)9(6)12-8/h2-5,12H,1H3. The van der Waals surface area contributed by atoms with E-state index >= 15 is 0 Å². The van der Waals surface area contributed by atoms with Crippen molar-refractivity contribution in [2.45, 2.75) is 0 Å². The van der Waals surface area contributed by atoms with Crippen molar-refractivity contribution in [3.8, 4) is 0 Å². The number of carbonyl (C=O) groups is 1. The molecule has 0 amide bonds. The summed E-state index contributed by atoms with van der Waals surface area (Å²) in [6, 6.07) is 7.19. The van der Waals surface area contributed by atoms with Gasteiger partial charge in [0.1, 0.15) is 5.69 Å². The second kappa shape index (κ2) is 3.35. The molecule has 0 unspecified atom stereocenters. The van der Waals surface area contributed by atoms with Gasteiger partial charge in [-0.2, -0.15) is 0 Å². The molecule has 3 nitrogen and oxygen atoms in total. The van der Waals surface area contributed by atoms with Crippen molar-refractivity contribution in [1.82, 2.24) is 4.98 Å². The first-order chi connectivity index (χ1) is 6.72. The van der Waals surface area contributed by atoms with Crippen LogP contribution in [-0.4, -0.2) is 18.1 Å². The fourth-order valence-corrected chi connectivity index (χ4v) is 1.57. The Labute approximate surface area is 85.6 Å². The number of benzene rings is 1. The van der Waals surface area contributed by atoms with Gasteiger partial charge in [0.05, 0.1) is 17.6 Å². The first kappa shape index (κ1) is 9.09. The van der Waals surface area contributed by atoms with Gasteiger partial charge in [0, 0.05) is 5.39 Å². The first-order valence-corrected chi connectivity index (χ1v) is 4.45. The molecule has 0 aliphatic carbocycles. The molecule has 0 bridgehead atoms. The summed E-state index contributed by atoms with van der Waals surface area (Å²) < 4.78 is 4.59. The maximum Gasteiger partial charge on any atom is 0.354 e. The van der Waals surface area contributed by atoms with Gasteiger partial charge in [-0.3, -0.25) is 0 Å². The van der Waals surface area contributed by atoms with Crippen molar-refractivity contribution in [3.63, 3.8) is 0 Å². The molecular formula is C10H8ClNO2. The van der Waals surface area contributed by atoms with E-state index in [4.69, 9.17) is 11.6 Å². The molecule has 4 heteroatoms. The SMILES string of the molecule is COC(=O)c1cc2cccc(Cl)c2[nH]1. The molecule has 1 N–H and O–H groups in total. The molecule has 2 aromatic rings. The van der Waals surface area contributed by atoms with Gasteiger partial charge in [-0.15, -0.1) is 0 Å². The van der Waals surface area contributed by atoms with Gasteiger partial charge in [-0.25, -0.2) is 4.79 Å². The van der Waals surface area contributed by atoms with Crippen LogP contribution in [0.25, 0.3) is 10.9 Å². The largest absolute Gasteiger partial charge is 0.464 e. The number of H-pyrrole nitrogens is 1. The van der Waals surface area contributed by atoms with Crippen LogP contribution in [0.2, 0.25) is 5.02 Å². The number of rotatable bonds is 1. The number of hydrogen-bond donors (Lipinski definition) is 1. The van der Waals surface area contributed by atoms with Crippen molar-refractivity contribution in [2.75, 3.05) is 7.11 Å². The van der Waals surface area contributed by atoms with E-state index in [0.29, 0.717) is 10.7 Å². The second-order valence-corrected chi connectivity index (χ2v) is 3.29. The number of halogens is 1. The lowest BCUT2D eigenvalue weighted by Crippen LogP contribution is -2.00. The van der Waals surface area contributed by atoms with Crippen molar-refractivity contribution >= 4 is 28.5 Å². The van der Waals surface area contributed by atoms with Crippen LogP contribution in [0.1, 0.15) is 10.5 Å². The van der Waals surface area contributed by atoms with E-state index in [0.717, 1.165) is 10.9 Å². The number of carbonyl (C=O) groups excluding carboxylic acids is 1. The smallest absolute Gasteiger partial charge is 0.354 e. The fourth-order valence-electron chi connectivity index (χ4n) is 1.34. The van der Waals surface area contributed by atoms with Crippen molar-refractivity contribution in [2.24, 2.45) is 0 Å². The number of fused-ring (bicyclic) bond motifs is 1. The summed E-state index contributed by atoms with van der Waals surface area (Å²) in [5.74, 6) is -0.391. The highest BCUT2D eigenvalue weighted by molar-refractivity contribution is 6.35. The molecule has 14 heavy (non-hydrogen) atoms. The molecule has 2 rings (SSSR count). The molecule has 0 saturated heterocycles. The number of aromatic amines is 1. The average Bonchev–Trinajstić information content (AvgIpc) is 2.62. The summed E-state index contributed by atoms with van der Waals surface area (Å²) in [6.45, 7) is 0. The molecule has 0 aliphatic rings. The zero-order valence-corrected chi connectivity index (χ0v) is 8.26. The third-order valence-corrected chi connectivity index (χ3v) is 2.33. The Hall–Kier alpha value is -1.48. The van der Waals surface area contributed by atoms with Crippen LogP contribution in [0.3, 0.4) is 0 Å². The third kappa shape index (κ3) is 1.36. The van der Waals surface area contributed by atoms with E-state index in [9.17, 15) is 4.79 Å². The molecule has 0 atom stereocenters. The summed E-state index contributed by atoms with van der Waals surface area (Å²) in [4.78, 5) is 14.1. The highest BCUT2D eigenvalue weighted by atomic mass is 35.5. The summed E-state index contributed by atoms with van der Waals surface area (Å²) in [5.41, 5.74) is 1.17. The summed E-state index contributed by atoms with van der Waals surface area (Å²) in [7, 11) is 1.34. The minimum atomic E-state index is -0.391. The van der Waals surface area contributed by atoms with Crippen LogP contribution in [0, 0.1) is 0 Å². The van der Waals surface area contributed by atoms with Crippen LogP contribution in [0.15, 0.2) is 24.3 Å². The summed E-state index contributed by atoms with van der Waals surface area (Å²) >= 11 is 5.93. The number of ether oxygens (including phenoxy) is 1. The van der Waals surface area contributed by atoms with E-state index < -0.39 is 5.97 Å². The number of methoxy groups -OCH3 is 1. The predicted octanol–water partition coefficient (Wildman–Crippen LogP) is 2.61. The molecule has 1 aromatic heterocycles. The van der Waals surface area contributed by atoms with E-state index in [2.05, 4.69) is 9.72 Å². The number of para-hydroxylation sites is 1. The van der Waals surface area contributed by atoms with Crippen molar-refractivity contribution in [1.29, 1.82) is 0 Å². The topological polar surface area (TPSA) is 42.1 Å². The number of hydrogen-bond acceptors (Lipinski definition) is 2. The predicted molar refractivity (Wildman–Crippen MR) is 54.6 cm³/mol. The lowest BCUT2D eigenvalue weighted by Gasteiger charge is -1.93. The highest BCUT2D eigenvalue weighted by Gasteiger charge is 2.10. The zero-order valence-electron chi connectivity index (χ0n) is 7.50. The third-order valence-electron chi connectivity index (χ3n) is 2.01. The monoisotopic (exact) mass is 209 g/mol. The van der Waals surface area contributed by atoms with Crippen molar-refractivity contribution < 1.29 is 9.53 Å². The first-order valence-electron chi connectivity index (χ1n) is 4.08. The van der Waals surface area contributed by atoms with Gasteiger partial charge in [0.15, 0.2) is 0 Å². The average molecular weight is 210 g/mol. The summed E-state index contributed by atoms with van der Waals surface area (Å²) in [6.07, 6.45) is 0. The van der Waals surface area contributed by atoms with E-state index in [1.165, 1.54) is 7.11 Å². The number of aromatic nitrogens is 1. The van der Waals surface area contributed by atoms with E-state index in [1.54, 1.807) is 12.1 Å². The molecule has 1 aromatic carbocycles. The van der Waals surface area contributed by atoms with Gasteiger partial charge < -0.3 is 9.72 Å². The van der Waals surface area contributed by atoms with Crippen LogP contribution in [0.4, 0.5) is 0 Å². The Kier molecular flexibility index (Phi) is 2.17. The Morgan fingerprint density at radius 1 is 1.50 bits per heavy atom. The summed E-state index contributed by atoms with van der Waals surface area (Å²) in [5, 5.41) is 1.50. The van der Waals surface area contributed by atoms with Gasteiger partial charge in [-0.1, -0.05) is 23.7 Å². The van der Waals surface area contributed by atoms with E-state index in [-0.39, 0.29) is 0 Å². The molecule has 0 saturated carbocycles. The Bertz CT molecular complexity index is 490. The maximum absolute atomic E-state index is 11.2. The Morgan fingerprint density at radius 2 is 2.29 bits per heavy atom. The Balaban J connectivity index is 2.62. The maximum atomic E-state index is 11.2. The van der Waals surface area contributed by atoms with Gasteiger partial charge in [0.2, 0.25) is 0 Å². The zero-order chi connectivity index (χ0) is 10.1. The van der Waals surface area contributed by atoms with Gasteiger partial charge >= 0.3 is 5.97 Å². The quantitative estimate of drug-likeness (QED) is 0.734. The lowest BCUT2D eigenvalue weighted by molar-refractivity contribution is 0.0595. The fraction of sp³-hybridized carbons (Fsp3) is 0.100. The molecule has 1 heterocycles. The highest BCUT2D eigenvalue weighted by Crippen LogP contribution is 2.23. The minimum Gasteiger partial charge on any atom is -0.464 e. The lowest BCUT2D eigenvalue weighted by atomic mass is 10.2. The Morgan fingerprint density at radius 3 is 2.93 bits per heavy atom. The van der Waals surface area contributed by atoms with Crippen LogP contribution >= 0.6 is 11.6 Å². The molecule has 72 valence electrons. The molecule has 0 fully saturated rings. The molecular weight excluding hydrogens is 202 g/mol. The van der Waals surface area contributed by atoms with Crippen LogP contribution in [-0.2, 0) is 4.74 Å². The molecule has 0 radical (unpaired) electrons. The van der Waals surface area contributed by atoms with Crippen LogP contribution < -0.4 is 0 Å². The number of esters is 1.